The van der Waals surface area contributed by atoms with E-state index in [1.54, 1.807) is 29.1 Å². The summed E-state index contributed by atoms with van der Waals surface area (Å²) < 4.78 is 32.3. The lowest BCUT2D eigenvalue weighted by Crippen LogP contribution is -2.37. The van der Waals surface area contributed by atoms with Gasteiger partial charge in [-0.2, -0.15) is 16.1 Å². The van der Waals surface area contributed by atoms with Crippen LogP contribution in [0.15, 0.2) is 15.4 Å². The summed E-state index contributed by atoms with van der Waals surface area (Å²) in [4.78, 5) is 0.317. The molecule has 1 fully saturated rings. The molecule has 0 radical (unpaired) electrons. The van der Waals surface area contributed by atoms with E-state index in [1.165, 1.54) is 0 Å². The molecular formula is C13H22N2O3S2. The van der Waals surface area contributed by atoms with Crippen molar-refractivity contribution in [2.24, 2.45) is 0 Å². The van der Waals surface area contributed by atoms with Crippen molar-refractivity contribution in [1.29, 1.82) is 0 Å². The lowest BCUT2D eigenvalue weighted by molar-refractivity contribution is 0.436. The summed E-state index contributed by atoms with van der Waals surface area (Å²) in [5, 5.41) is 3.22. The van der Waals surface area contributed by atoms with Crippen molar-refractivity contribution in [3.8, 4) is 0 Å². The molecule has 7 heteroatoms. The summed E-state index contributed by atoms with van der Waals surface area (Å²) in [6.45, 7) is 6.44. The Bertz CT molecular complexity index is 534. The lowest BCUT2D eigenvalue weighted by atomic mass is 10.4. The van der Waals surface area contributed by atoms with Crippen molar-refractivity contribution in [2.75, 3.05) is 31.1 Å². The Kier molecular flexibility index (Phi) is 5.54. The van der Waals surface area contributed by atoms with Gasteiger partial charge in [-0.1, -0.05) is 6.92 Å². The highest BCUT2D eigenvalue weighted by Crippen LogP contribution is 2.25. The molecule has 2 rings (SSSR count). The SMILES string of the molecule is CCCNCc1cc(S(=O)(=O)N2CCSCC2)c(C)o1. The molecule has 0 bridgehead atoms. The zero-order valence-corrected chi connectivity index (χ0v) is 13.6. The second-order valence-electron chi connectivity index (χ2n) is 4.83. The Hall–Kier alpha value is -0.500. The van der Waals surface area contributed by atoms with Crippen LogP contribution < -0.4 is 5.32 Å². The maximum absolute atomic E-state index is 12.6. The molecule has 0 aliphatic carbocycles. The second kappa shape index (κ2) is 6.98. The van der Waals surface area contributed by atoms with E-state index in [0.29, 0.717) is 36.1 Å². The second-order valence-corrected chi connectivity index (χ2v) is 7.96. The number of thioether (sulfide) groups is 1. The number of rotatable bonds is 6. The van der Waals surface area contributed by atoms with E-state index in [1.807, 2.05) is 0 Å². The van der Waals surface area contributed by atoms with Gasteiger partial charge < -0.3 is 9.73 Å². The van der Waals surface area contributed by atoms with Crippen LogP contribution in [0.4, 0.5) is 0 Å². The molecule has 5 nitrogen and oxygen atoms in total. The first kappa shape index (κ1) is 15.9. The summed E-state index contributed by atoms with van der Waals surface area (Å²) in [6, 6.07) is 1.66. The molecule has 114 valence electrons. The smallest absolute Gasteiger partial charge is 0.246 e. The molecule has 0 unspecified atom stereocenters. The average molecular weight is 318 g/mol. The Morgan fingerprint density at radius 3 is 2.75 bits per heavy atom. The first-order valence-electron chi connectivity index (χ1n) is 6.93. The minimum Gasteiger partial charge on any atom is -0.464 e. The molecule has 1 N–H and O–H groups in total. The van der Waals surface area contributed by atoms with Gasteiger partial charge in [0, 0.05) is 30.7 Å². The molecule has 20 heavy (non-hydrogen) atoms. The van der Waals surface area contributed by atoms with Crippen LogP contribution in [0.2, 0.25) is 0 Å². The van der Waals surface area contributed by atoms with E-state index in [9.17, 15) is 8.42 Å². The zero-order chi connectivity index (χ0) is 14.6. The van der Waals surface area contributed by atoms with Gasteiger partial charge in [0.2, 0.25) is 10.0 Å². The van der Waals surface area contributed by atoms with Crippen LogP contribution in [0, 0.1) is 6.92 Å². The molecule has 1 aromatic heterocycles. The van der Waals surface area contributed by atoms with Gasteiger partial charge in [-0.3, -0.25) is 0 Å². The topological polar surface area (TPSA) is 62.6 Å². The van der Waals surface area contributed by atoms with Crippen LogP contribution in [0.5, 0.6) is 0 Å². The van der Waals surface area contributed by atoms with Crippen molar-refractivity contribution >= 4 is 21.8 Å². The number of sulfonamides is 1. The van der Waals surface area contributed by atoms with Gasteiger partial charge in [-0.25, -0.2) is 8.42 Å². The number of nitrogens with zero attached hydrogens (tertiary/aromatic N) is 1. The van der Waals surface area contributed by atoms with E-state index < -0.39 is 10.0 Å². The highest BCUT2D eigenvalue weighted by molar-refractivity contribution is 7.99. The zero-order valence-electron chi connectivity index (χ0n) is 12.0. The summed E-state index contributed by atoms with van der Waals surface area (Å²) >= 11 is 1.79. The van der Waals surface area contributed by atoms with Crippen LogP contribution in [0.25, 0.3) is 0 Å². The third kappa shape index (κ3) is 3.58. The molecule has 0 saturated carbocycles. The van der Waals surface area contributed by atoms with Crippen LogP contribution in [-0.4, -0.2) is 43.9 Å². The van der Waals surface area contributed by atoms with Crippen molar-refractivity contribution < 1.29 is 12.8 Å². The summed E-state index contributed by atoms with van der Waals surface area (Å²) in [5.74, 6) is 2.89. The van der Waals surface area contributed by atoms with Gasteiger partial charge in [-0.15, -0.1) is 0 Å². The van der Waals surface area contributed by atoms with E-state index >= 15 is 0 Å². The maximum atomic E-state index is 12.6. The van der Waals surface area contributed by atoms with E-state index in [4.69, 9.17) is 4.42 Å². The monoisotopic (exact) mass is 318 g/mol. The molecule has 0 atom stereocenters. The van der Waals surface area contributed by atoms with E-state index in [0.717, 1.165) is 24.5 Å². The van der Waals surface area contributed by atoms with Gasteiger partial charge in [0.25, 0.3) is 0 Å². The van der Waals surface area contributed by atoms with Crippen LogP contribution >= 0.6 is 11.8 Å². The molecule has 1 saturated heterocycles. The number of hydrogen-bond acceptors (Lipinski definition) is 5. The quantitative estimate of drug-likeness (QED) is 0.811. The number of furan rings is 1. The normalized spacial score (nSPS) is 17.5. The van der Waals surface area contributed by atoms with Crippen molar-refractivity contribution in [2.45, 2.75) is 31.7 Å². The third-order valence-electron chi connectivity index (χ3n) is 3.24. The summed E-state index contributed by atoms with van der Waals surface area (Å²) in [5.41, 5.74) is 0. The molecule has 1 aromatic rings. The molecule has 1 aliphatic heterocycles. The van der Waals surface area contributed by atoms with Crippen molar-refractivity contribution in [1.82, 2.24) is 9.62 Å². The Morgan fingerprint density at radius 2 is 2.10 bits per heavy atom. The van der Waals surface area contributed by atoms with Crippen molar-refractivity contribution in [3.05, 3.63) is 17.6 Å². The van der Waals surface area contributed by atoms with Gasteiger partial charge in [0.15, 0.2) is 0 Å². The predicted molar refractivity (Wildman–Crippen MR) is 81.5 cm³/mol. The van der Waals surface area contributed by atoms with E-state index in [2.05, 4.69) is 12.2 Å². The molecule has 0 spiro atoms. The predicted octanol–water partition coefficient (Wildman–Crippen LogP) is 1.83. The van der Waals surface area contributed by atoms with Crippen LogP contribution in [-0.2, 0) is 16.6 Å². The fraction of sp³-hybridized carbons (Fsp3) is 0.692. The average Bonchev–Trinajstić information content (AvgIpc) is 2.82. The minimum absolute atomic E-state index is 0.317. The molecule has 1 aliphatic rings. The molecular weight excluding hydrogens is 296 g/mol. The van der Waals surface area contributed by atoms with Crippen molar-refractivity contribution in [3.63, 3.8) is 0 Å². The third-order valence-corrected chi connectivity index (χ3v) is 6.19. The van der Waals surface area contributed by atoms with Crippen LogP contribution in [0.1, 0.15) is 24.9 Å². The summed E-state index contributed by atoms with van der Waals surface area (Å²) in [7, 11) is -3.40. The first-order chi connectivity index (χ1) is 9.55. The molecule has 0 aromatic carbocycles. The maximum Gasteiger partial charge on any atom is 0.246 e. The molecule has 2 heterocycles. The van der Waals surface area contributed by atoms with Gasteiger partial charge >= 0.3 is 0 Å². The largest absolute Gasteiger partial charge is 0.464 e. The Labute approximate surface area is 125 Å². The first-order valence-corrected chi connectivity index (χ1v) is 9.53. The Balaban J connectivity index is 2.14. The van der Waals surface area contributed by atoms with Gasteiger partial charge in [-0.05, 0) is 19.9 Å². The standard InChI is InChI=1S/C13H22N2O3S2/c1-3-4-14-10-12-9-13(11(2)18-12)20(16,17)15-5-7-19-8-6-15/h9,14H,3-8,10H2,1-2H3. The van der Waals surface area contributed by atoms with Gasteiger partial charge in [0.05, 0.1) is 6.54 Å². The number of hydrogen-bond donors (Lipinski definition) is 1. The van der Waals surface area contributed by atoms with Crippen LogP contribution in [0.3, 0.4) is 0 Å². The number of aryl methyl sites for hydroxylation is 1. The summed E-state index contributed by atoms with van der Waals surface area (Å²) in [6.07, 6.45) is 1.04. The Morgan fingerprint density at radius 1 is 1.40 bits per heavy atom. The van der Waals surface area contributed by atoms with Gasteiger partial charge in [0.1, 0.15) is 16.4 Å². The fourth-order valence-electron chi connectivity index (χ4n) is 2.18. The van der Waals surface area contributed by atoms with E-state index in [-0.39, 0.29) is 0 Å². The number of nitrogens with one attached hydrogen (secondary N) is 1. The fourth-order valence-corrected chi connectivity index (χ4v) is 4.94. The highest BCUT2D eigenvalue weighted by atomic mass is 32.2. The lowest BCUT2D eigenvalue weighted by Gasteiger charge is -2.25. The highest BCUT2D eigenvalue weighted by Gasteiger charge is 2.29. The molecule has 0 amide bonds. The minimum atomic E-state index is -3.40.